The molecule has 3 saturated carbocycles. The minimum atomic E-state index is -0.719. The lowest BCUT2D eigenvalue weighted by molar-refractivity contribution is -0.148. The molecular weight excluding hydrogens is 252 g/mol. The van der Waals surface area contributed by atoms with E-state index in [1.54, 1.807) is 0 Å². The van der Waals surface area contributed by atoms with Gasteiger partial charge in [-0.3, -0.25) is 4.79 Å². The Bertz CT molecular complexity index is 365. The Morgan fingerprint density at radius 2 is 2.05 bits per heavy atom. The number of nitrogens with two attached hydrogens (primary N) is 1. The second-order valence-electron chi connectivity index (χ2n) is 7.08. The Balaban J connectivity index is 1.54. The first-order valence-corrected chi connectivity index (χ1v) is 8.25. The topological polar surface area (TPSA) is 55.6 Å². The van der Waals surface area contributed by atoms with Crippen molar-refractivity contribution in [2.24, 2.45) is 17.6 Å². The molecule has 2 atom stereocenters. The number of methoxy groups -OCH3 is 1. The van der Waals surface area contributed by atoms with E-state index in [1.165, 1.54) is 39.3 Å². The maximum atomic E-state index is 12.0. The fourth-order valence-corrected chi connectivity index (χ4v) is 3.78. The molecule has 0 saturated heterocycles. The second kappa shape index (κ2) is 5.64. The Labute approximate surface area is 122 Å². The summed E-state index contributed by atoms with van der Waals surface area (Å²) >= 11 is 0. The molecule has 20 heavy (non-hydrogen) atoms. The average Bonchev–Trinajstić information content (AvgIpc) is 3.33. The fraction of sp³-hybridized carbons (Fsp3) is 0.938. The minimum absolute atomic E-state index is 0.208. The molecule has 0 spiro atoms. The number of hydrogen-bond acceptors (Lipinski definition) is 4. The van der Waals surface area contributed by atoms with Crippen molar-refractivity contribution in [3.63, 3.8) is 0 Å². The van der Waals surface area contributed by atoms with E-state index >= 15 is 0 Å². The zero-order chi connectivity index (χ0) is 14.2. The van der Waals surface area contributed by atoms with Gasteiger partial charge >= 0.3 is 5.97 Å². The van der Waals surface area contributed by atoms with Crippen LogP contribution in [-0.4, -0.2) is 42.6 Å². The van der Waals surface area contributed by atoms with Crippen LogP contribution >= 0.6 is 0 Å². The first-order chi connectivity index (χ1) is 9.63. The van der Waals surface area contributed by atoms with Crippen molar-refractivity contribution in [3.05, 3.63) is 0 Å². The van der Waals surface area contributed by atoms with E-state index in [0.717, 1.165) is 44.2 Å². The normalized spacial score (nSPS) is 33.6. The summed E-state index contributed by atoms with van der Waals surface area (Å²) < 4.78 is 4.93. The highest BCUT2D eigenvalue weighted by Gasteiger charge is 2.46. The van der Waals surface area contributed by atoms with Crippen LogP contribution in [0.1, 0.15) is 51.4 Å². The summed E-state index contributed by atoms with van der Waals surface area (Å²) in [5, 5.41) is 0. The standard InChI is InChI=1S/C16H28N2O2/c1-20-15(19)16(17)9-2-3-13(16)8-10-18(14-6-7-14)11-12-4-5-12/h12-14H,2-11,17H2,1H3. The second-order valence-corrected chi connectivity index (χ2v) is 7.08. The summed E-state index contributed by atoms with van der Waals surface area (Å²) in [5.74, 6) is 1.04. The summed E-state index contributed by atoms with van der Waals surface area (Å²) in [5.41, 5.74) is 5.64. The lowest BCUT2D eigenvalue weighted by atomic mass is 9.85. The molecule has 3 aliphatic rings. The Kier molecular flexibility index (Phi) is 4.04. The van der Waals surface area contributed by atoms with Gasteiger partial charge in [-0.05, 0) is 63.3 Å². The van der Waals surface area contributed by atoms with Crippen LogP contribution in [0.25, 0.3) is 0 Å². The third-order valence-corrected chi connectivity index (χ3v) is 5.45. The molecule has 2 N–H and O–H groups in total. The van der Waals surface area contributed by atoms with Crippen LogP contribution in [0.5, 0.6) is 0 Å². The van der Waals surface area contributed by atoms with Crippen LogP contribution in [-0.2, 0) is 9.53 Å². The number of carbonyl (C=O) groups excluding carboxylic acids is 1. The van der Waals surface area contributed by atoms with E-state index in [4.69, 9.17) is 10.5 Å². The van der Waals surface area contributed by atoms with E-state index in [9.17, 15) is 4.79 Å². The third-order valence-electron chi connectivity index (χ3n) is 5.45. The monoisotopic (exact) mass is 280 g/mol. The van der Waals surface area contributed by atoms with Crippen molar-refractivity contribution in [3.8, 4) is 0 Å². The van der Waals surface area contributed by atoms with Gasteiger partial charge in [0, 0.05) is 12.6 Å². The van der Waals surface area contributed by atoms with Crippen LogP contribution in [0.4, 0.5) is 0 Å². The van der Waals surface area contributed by atoms with Crippen molar-refractivity contribution >= 4 is 5.97 Å². The number of rotatable bonds is 7. The minimum Gasteiger partial charge on any atom is -0.468 e. The molecular formula is C16H28N2O2. The largest absolute Gasteiger partial charge is 0.468 e. The van der Waals surface area contributed by atoms with E-state index in [0.29, 0.717) is 5.92 Å². The molecule has 114 valence electrons. The Morgan fingerprint density at radius 1 is 1.30 bits per heavy atom. The quantitative estimate of drug-likeness (QED) is 0.724. The zero-order valence-corrected chi connectivity index (χ0v) is 12.6. The molecule has 4 nitrogen and oxygen atoms in total. The number of esters is 1. The van der Waals surface area contributed by atoms with Gasteiger partial charge in [0.05, 0.1) is 7.11 Å². The highest BCUT2D eigenvalue weighted by molar-refractivity contribution is 5.81. The van der Waals surface area contributed by atoms with Gasteiger partial charge in [0.15, 0.2) is 0 Å². The molecule has 0 aromatic rings. The predicted octanol–water partition coefficient (Wildman–Crippen LogP) is 1.92. The van der Waals surface area contributed by atoms with Crippen molar-refractivity contribution in [2.75, 3.05) is 20.2 Å². The smallest absolute Gasteiger partial charge is 0.326 e. The number of ether oxygens (including phenoxy) is 1. The van der Waals surface area contributed by atoms with Gasteiger partial charge < -0.3 is 15.4 Å². The fourth-order valence-electron chi connectivity index (χ4n) is 3.78. The number of hydrogen-bond donors (Lipinski definition) is 1. The molecule has 0 aliphatic heterocycles. The summed E-state index contributed by atoms with van der Waals surface area (Å²) in [6.45, 7) is 2.38. The van der Waals surface area contributed by atoms with Gasteiger partial charge in [-0.15, -0.1) is 0 Å². The molecule has 0 radical (unpaired) electrons. The van der Waals surface area contributed by atoms with E-state index in [1.807, 2.05) is 0 Å². The number of carbonyl (C=O) groups is 1. The van der Waals surface area contributed by atoms with Crippen LogP contribution in [0.2, 0.25) is 0 Å². The SMILES string of the molecule is COC(=O)C1(N)CCCC1CCN(CC1CC1)C1CC1. The third kappa shape index (κ3) is 3.01. The molecule has 0 heterocycles. The van der Waals surface area contributed by atoms with Crippen LogP contribution in [0, 0.1) is 11.8 Å². The molecule has 0 aromatic heterocycles. The van der Waals surface area contributed by atoms with Crippen molar-refractivity contribution in [2.45, 2.75) is 62.9 Å². The average molecular weight is 280 g/mol. The summed E-state index contributed by atoms with van der Waals surface area (Å²) in [7, 11) is 1.45. The molecule has 0 amide bonds. The summed E-state index contributed by atoms with van der Waals surface area (Å²) in [6, 6.07) is 0.822. The van der Waals surface area contributed by atoms with Gasteiger partial charge in [0.25, 0.3) is 0 Å². The predicted molar refractivity (Wildman–Crippen MR) is 78.2 cm³/mol. The van der Waals surface area contributed by atoms with Gasteiger partial charge in [-0.1, -0.05) is 6.42 Å². The zero-order valence-electron chi connectivity index (χ0n) is 12.6. The highest BCUT2D eigenvalue weighted by atomic mass is 16.5. The van der Waals surface area contributed by atoms with Crippen LogP contribution < -0.4 is 5.73 Å². The van der Waals surface area contributed by atoms with Gasteiger partial charge in [-0.25, -0.2) is 0 Å². The summed E-state index contributed by atoms with van der Waals surface area (Å²) in [4.78, 5) is 14.6. The first-order valence-electron chi connectivity index (χ1n) is 8.25. The van der Waals surface area contributed by atoms with Gasteiger partial charge in [0.2, 0.25) is 0 Å². The van der Waals surface area contributed by atoms with Crippen LogP contribution in [0.15, 0.2) is 0 Å². The molecule has 4 heteroatoms. The van der Waals surface area contributed by atoms with Crippen molar-refractivity contribution < 1.29 is 9.53 Å². The number of nitrogens with zero attached hydrogens (tertiary/aromatic N) is 1. The molecule has 2 unspecified atom stereocenters. The van der Waals surface area contributed by atoms with Gasteiger partial charge in [-0.2, -0.15) is 0 Å². The molecule has 3 aliphatic carbocycles. The van der Waals surface area contributed by atoms with Gasteiger partial charge in [0.1, 0.15) is 5.54 Å². The van der Waals surface area contributed by atoms with E-state index < -0.39 is 5.54 Å². The maximum absolute atomic E-state index is 12.0. The maximum Gasteiger partial charge on any atom is 0.326 e. The molecule has 0 bridgehead atoms. The lowest BCUT2D eigenvalue weighted by Gasteiger charge is -2.31. The first kappa shape index (κ1) is 14.3. The molecule has 3 rings (SSSR count). The van der Waals surface area contributed by atoms with Crippen LogP contribution in [0.3, 0.4) is 0 Å². The molecule has 0 aromatic carbocycles. The van der Waals surface area contributed by atoms with Crippen molar-refractivity contribution in [1.29, 1.82) is 0 Å². The van der Waals surface area contributed by atoms with E-state index in [2.05, 4.69) is 4.90 Å². The van der Waals surface area contributed by atoms with E-state index in [-0.39, 0.29) is 5.97 Å². The molecule has 3 fully saturated rings. The lowest BCUT2D eigenvalue weighted by Crippen LogP contribution is -2.52. The Morgan fingerprint density at radius 3 is 2.65 bits per heavy atom. The van der Waals surface area contributed by atoms with Crippen molar-refractivity contribution in [1.82, 2.24) is 4.90 Å². The summed E-state index contributed by atoms with van der Waals surface area (Å²) in [6.07, 6.45) is 9.52. The Hall–Kier alpha value is -0.610. The highest BCUT2D eigenvalue weighted by Crippen LogP contribution is 2.39.